The number of benzene rings is 3. The Bertz CT molecular complexity index is 1520. The Morgan fingerprint density at radius 1 is 1.06 bits per heavy atom. The molecule has 11 heteroatoms. The maximum absolute atomic E-state index is 12.7. The molecule has 0 aliphatic rings. The largest absolute Gasteiger partial charge is 0.433 e. The quantitative estimate of drug-likeness (QED) is 0.229. The Kier molecular flexibility index (Phi) is 6.88. The van der Waals surface area contributed by atoms with E-state index < -0.39 is 12.5 Å². The molecule has 0 atom stereocenters. The summed E-state index contributed by atoms with van der Waals surface area (Å²) in [6.45, 7) is -3.00. The van der Waals surface area contributed by atoms with E-state index in [9.17, 15) is 13.6 Å². The van der Waals surface area contributed by atoms with Crippen molar-refractivity contribution in [3.63, 3.8) is 0 Å². The van der Waals surface area contributed by atoms with Gasteiger partial charge in [-0.25, -0.2) is 0 Å². The predicted octanol–water partition coefficient (Wildman–Crippen LogP) is 6.40. The van der Waals surface area contributed by atoms with E-state index in [-0.39, 0.29) is 17.2 Å². The Labute approximate surface area is 213 Å². The van der Waals surface area contributed by atoms with Gasteiger partial charge in [-0.15, -0.1) is 10.2 Å². The highest BCUT2D eigenvalue weighted by Gasteiger charge is 2.20. The van der Waals surface area contributed by atoms with Gasteiger partial charge >= 0.3 is 6.61 Å². The molecule has 0 radical (unpaired) electrons. The van der Waals surface area contributed by atoms with Gasteiger partial charge in [0.1, 0.15) is 5.75 Å². The predicted molar refractivity (Wildman–Crippen MR) is 136 cm³/mol. The second-order valence-electron chi connectivity index (χ2n) is 7.58. The average Bonchev–Trinajstić information content (AvgIpc) is 3.48. The summed E-state index contributed by atoms with van der Waals surface area (Å²) < 4.78 is 31.7. The summed E-state index contributed by atoms with van der Waals surface area (Å²) >= 11 is 7.26. The minimum Gasteiger partial charge on any atom is -0.433 e. The van der Waals surface area contributed by atoms with Crippen molar-refractivity contribution in [1.82, 2.24) is 19.7 Å². The number of nitrogens with zero attached hydrogens (tertiary/aromatic N) is 3. The molecule has 1 amide bonds. The fraction of sp³-hybridized carbons (Fsp3) is 0.0800. The number of fused-ring (bicyclic) bond motifs is 1. The van der Waals surface area contributed by atoms with Gasteiger partial charge in [0.25, 0.3) is 0 Å². The van der Waals surface area contributed by atoms with Gasteiger partial charge in [0.2, 0.25) is 5.91 Å². The smallest absolute Gasteiger partial charge is 0.387 e. The lowest BCUT2D eigenvalue weighted by molar-refractivity contribution is -0.113. The molecule has 2 heterocycles. The topological polar surface area (TPSA) is 84.8 Å². The molecule has 0 fully saturated rings. The van der Waals surface area contributed by atoms with Gasteiger partial charge in [0.05, 0.1) is 11.4 Å². The van der Waals surface area contributed by atoms with Crippen molar-refractivity contribution in [2.45, 2.75) is 11.8 Å². The van der Waals surface area contributed by atoms with Crippen LogP contribution in [0.15, 0.2) is 84.1 Å². The highest BCUT2D eigenvalue weighted by atomic mass is 35.5. The molecule has 5 aromatic rings. The number of H-pyrrole nitrogens is 1. The standard InChI is InChI=1S/C25H18ClF2N5O2S/c26-15-9-11-16(12-10-15)33-23(18-13-29-19-6-2-1-5-17(18)19)31-32-25(33)36-14-22(34)30-20-7-3-4-8-21(20)35-24(27)28/h1-13,24,29H,14H2,(H,30,34). The number of hydrogen-bond acceptors (Lipinski definition) is 5. The first-order valence-electron chi connectivity index (χ1n) is 10.7. The molecule has 0 spiro atoms. The summed E-state index contributed by atoms with van der Waals surface area (Å²) in [7, 11) is 0. The van der Waals surface area contributed by atoms with Crippen LogP contribution in [-0.4, -0.2) is 38.0 Å². The lowest BCUT2D eigenvalue weighted by atomic mass is 10.1. The normalized spacial score (nSPS) is 11.2. The second kappa shape index (κ2) is 10.4. The van der Waals surface area contributed by atoms with Crippen LogP contribution in [0.25, 0.3) is 28.0 Å². The number of amides is 1. The van der Waals surface area contributed by atoms with Crippen LogP contribution in [0.3, 0.4) is 0 Å². The van der Waals surface area contributed by atoms with Crippen LogP contribution in [0.2, 0.25) is 5.02 Å². The summed E-state index contributed by atoms with van der Waals surface area (Å²) in [5.74, 6) is 0.0255. The Balaban J connectivity index is 1.43. The van der Waals surface area contributed by atoms with Crippen molar-refractivity contribution in [3.05, 3.63) is 84.0 Å². The van der Waals surface area contributed by atoms with E-state index >= 15 is 0 Å². The Morgan fingerprint density at radius 3 is 2.61 bits per heavy atom. The van der Waals surface area contributed by atoms with Crippen molar-refractivity contribution in [1.29, 1.82) is 0 Å². The van der Waals surface area contributed by atoms with Crippen LogP contribution >= 0.6 is 23.4 Å². The molecule has 2 aromatic heterocycles. The monoisotopic (exact) mass is 525 g/mol. The van der Waals surface area contributed by atoms with Crippen LogP contribution in [0.4, 0.5) is 14.5 Å². The number of halogens is 3. The average molecular weight is 526 g/mol. The minimum atomic E-state index is -3.00. The molecule has 0 saturated carbocycles. The molecular weight excluding hydrogens is 508 g/mol. The molecule has 182 valence electrons. The maximum atomic E-state index is 12.7. The summed E-state index contributed by atoms with van der Waals surface area (Å²) in [6.07, 6.45) is 1.86. The number of ether oxygens (including phenoxy) is 1. The fourth-order valence-electron chi connectivity index (χ4n) is 3.70. The first kappa shape index (κ1) is 23.8. The van der Waals surface area contributed by atoms with Crippen molar-refractivity contribution in [2.24, 2.45) is 0 Å². The highest BCUT2D eigenvalue weighted by Crippen LogP contribution is 2.33. The van der Waals surface area contributed by atoms with Gasteiger partial charge in [0.15, 0.2) is 11.0 Å². The van der Waals surface area contributed by atoms with Crippen LogP contribution in [-0.2, 0) is 4.79 Å². The molecule has 7 nitrogen and oxygen atoms in total. The number of anilines is 1. The highest BCUT2D eigenvalue weighted by molar-refractivity contribution is 7.99. The van der Waals surface area contributed by atoms with Crippen molar-refractivity contribution >= 4 is 45.9 Å². The van der Waals surface area contributed by atoms with E-state index in [1.54, 1.807) is 24.3 Å². The third kappa shape index (κ3) is 5.05. The summed E-state index contributed by atoms with van der Waals surface area (Å²) in [5.41, 5.74) is 2.73. The van der Waals surface area contributed by atoms with Crippen LogP contribution in [0.1, 0.15) is 0 Å². The lowest BCUT2D eigenvalue weighted by Gasteiger charge is -2.12. The van der Waals surface area contributed by atoms with Gasteiger partial charge in [0, 0.05) is 33.4 Å². The van der Waals surface area contributed by atoms with Crippen molar-refractivity contribution in [3.8, 4) is 22.8 Å². The van der Waals surface area contributed by atoms with Crippen molar-refractivity contribution < 1.29 is 18.3 Å². The molecule has 3 aromatic carbocycles. The van der Waals surface area contributed by atoms with Crippen LogP contribution in [0, 0.1) is 0 Å². The molecule has 5 rings (SSSR count). The molecule has 0 bridgehead atoms. The molecule has 0 aliphatic heterocycles. The van der Waals surface area contributed by atoms with E-state index in [2.05, 4.69) is 25.2 Å². The third-order valence-electron chi connectivity index (χ3n) is 5.26. The molecule has 0 saturated heterocycles. The third-order valence-corrected chi connectivity index (χ3v) is 6.44. The number of para-hydroxylation sites is 3. The maximum Gasteiger partial charge on any atom is 0.387 e. The van der Waals surface area contributed by atoms with Crippen molar-refractivity contribution in [2.75, 3.05) is 11.1 Å². The molecule has 2 N–H and O–H groups in total. The number of aromatic nitrogens is 4. The zero-order valence-electron chi connectivity index (χ0n) is 18.5. The van der Waals surface area contributed by atoms with Gasteiger partial charge in [-0.3, -0.25) is 9.36 Å². The van der Waals surface area contributed by atoms with E-state index in [0.29, 0.717) is 16.0 Å². The molecule has 0 unspecified atom stereocenters. The van der Waals surface area contributed by atoms with E-state index in [4.69, 9.17) is 11.6 Å². The number of rotatable bonds is 8. The number of carbonyl (C=O) groups is 1. The van der Waals surface area contributed by atoms with E-state index in [0.717, 1.165) is 33.9 Å². The molecular formula is C25H18ClF2N5O2S. The van der Waals surface area contributed by atoms with E-state index in [1.807, 2.05) is 47.2 Å². The summed E-state index contributed by atoms with van der Waals surface area (Å²) in [6, 6.07) is 21.1. The van der Waals surface area contributed by atoms with Gasteiger partial charge in [-0.2, -0.15) is 8.78 Å². The Hall–Kier alpha value is -3.89. The number of thioether (sulfide) groups is 1. The minimum absolute atomic E-state index is 0.0391. The summed E-state index contributed by atoms with van der Waals surface area (Å²) in [5, 5.41) is 13.4. The number of aromatic amines is 1. The SMILES string of the molecule is O=C(CSc1nnc(-c2c[nH]c3ccccc23)n1-c1ccc(Cl)cc1)Nc1ccccc1OC(F)F. The number of carbonyl (C=O) groups excluding carboxylic acids is 1. The first-order chi connectivity index (χ1) is 17.5. The van der Waals surface area contributed by atoms with Gasteiger partial charge in [-0.05, 0) is 42.5 Å². The van der Waals surface area contributed by atoms with Gasteiger partial charge in [-0.1, -0.05) is 53.7 Å². The second-order valence-corrected chi connectivity index (χ2v) is 8.96. The molecule has 36 heavy (non-hydrogen) atoms. The number of hydrogen-bond donors (Lipinski definition) is 2. The van der Waals surface area contributed by atoms with E-state index in [1.165, 1.54) is 12.1 Å². The number of nitrogens with one attached hydrogen (secondary N) is 2. The van der Waals surface area contributed by atoms with Crippen LogP contribution in [0.5, 0.6) is 5.75 Å². The number of alkyl halides is 2. The zero-order chi connectivity index (χ0) is 25.1. The lowest BCUT2D eigenvalue weighted by Crippen LogP contribution is -2.16. The zero-order valence-corrected chi connectivity index (χ0v) is 20.1. The molecule has 0 aliphatic carbocycles. The van der Waals surface area contributed by atoms with Crippen LogP contribution < -0.4 is 10.1 Å². The fourth-order valence-corrected chi connectivity index (χ4v) is 4.58. The first-order valence-corrected chi connectivity index (χ1v) is 12.1. The summed E-state index contributed by atoms with van der Waals surface area (Å²) in [4.78, 5) is 15.9. The Morgan fingerprint density at radius 2 is 1.81 bits per heavy atom. The van der Waals surface area contributed by atoms with Gasteiger partial charge < -0.3 is 15.0 Å².